The first kappa shape index (κ1) is 9.97. The van der Waals surface area contributed by atoms with Crippen LogP contribution in [0.3, 0.4) is 0 Å². The van der Waals surface area contributed by atoms with Crippen LogP contribution in [0.15, 0.2) is 18.3 Å². The maximum Gasteiger partial charge on any atom is 0.208 e. The Morgan fingerprint density at radius 3 is 2.73 bits per heavy atom. The molecule has 2 heterocycles. The van der Waals surface area contributed by atoms with E-state index in [1.165, 1.54) is 23.6 Å². The van der Waals surface area contributed by atoms with Crippen molar-refractivity contribution in [2.24, 2.45) is 0 Å². The first-order valence-electron chi connectivity index (χ1n) is 4.30. The molecule has 2 rings (SSSR count). The summed E-state index contributed by atoms with van der Waals surface area (Å²) in [6.45, 7) is 0. The predicted octanol–water partition coefficient (Wildman–Crippen LogP) is 1.81. The summed E-state index contributed by atoms with van der Waals surface area (Å²) in [5, 5.41) is 9.04. The molecule has 0 aromatic carbocycles. The van der Waals surface area contributed by atoms with E-state index in [2.05, 4.69) is 15.2 Å². The van der Waals surface area contributed by atoms with Gasteiger partial charge < -0.3 is 4.90 Å². The Morgan fingerprint density at radius 2 is 2.13 bits per heavy atom. The highest BCUT2D eigenvalue weighted by Gasteiger charge is 2.12. The zero-order valence-electron chi connectivity index (χ0n) is 8.31. The maximum atomic E-state index is 13.3. The SMILES string of the molecule is CN(C)c1nnc(-c2ncccc2F)s1. The summed E-state index contributed by atoms with van der Waals surface area (Å²) in [6.07, 6.45) is 1.54. The van der Waals surface area contributed by atoms with E-state index in [1.54, 1.807) is 6.07 Å². The van der Waals surface area contributed by atoms with E-state index in [4.69, 9.17) is 0 Å². The van der Waals surface area contributed by atoms with E-state index in [0.29, 0.717) is 5.01 Å². The number of hydrogen-bond donors (Lipinski definition) is 0. The quantitative estimate of drug-likeness (QED) is 0.780. The molecule has 0 saturated heterocycles. The van der Waals surface area contributed by atoms with Crippen LogP contribution in [0.25, 0.3) is 10.7 Å². The molecule has 0 fully saturated rings. The molecule has 0 amide bonds. The Labute approximate surface area is 90.4 Å². The summed E-state index contributed by atoms with van der Waals surface area (Å²) < 4.78 is 13.3. The van der Waals surface area contributed by atoms with E-state index in [-0.39, 0.29) is 11.5 Å². The molecule has 0 atom stereocenters. The van der Waals surface area contributed by atoms with Crippen LogP contribution in [-0.4, -0.2) is 29.3 Å². The van der Waals surface area contributed by atoms with Gasteiger partial charge in [0.15, 0.2) is 10.8 Å². The summed E-state index contributed by atoms with van der Waals surface area (Å²) in [5.74, 6) is -0.376. The molecule has 0 unspecified atom stereocenters. The van der Waals surface area contributed by atoms with Crippen molar-refractivity contribution in [3.05, 3.63) is 24.1 Å². The van der Waals surface area contributed by atoms with Crippen molar-refractivity contribution in [1.29, 1.82) is 0 Å². The minimum Gasteiger partial charge on any atom is -0.353 e. The number of hydrogen-bond acceptors (Lipinski definition) is 5. The molecule has 0 aliphatic rings. The second-order valence-electron chi connectivity index (χ2n) is 3.12. The van der Waals surface area contributed by atoms with Gasteiger partial charge in [-0.05, 0) is 12.1 Å². The smallest absolute Gasteiger partial charge is 0.208 e. The Bertz CT molecular complexity index is 469. The van der Waals surface area contributed by atoms with Crippen LogP contribution in [0.2, 0.25) is 0 Å². The van der Waals surface area contributed by atoms with Gasteiger partial charge in [-0.15, -0.1) is 10.2 Å². The molecule has 0 aliphatic carbocycles. The molecular formula is C9H9FN4S. The van der Waals surface area contributed by atoms with Gasteiger partial charge in [-0.1, -0.05) is 11.3 Å². The van der Waals surface area contributed by atoms with Crippen molar-refractivity contribution in [3.63, 3.8) is 0 Å². The standard InChI is InChI=1S/C9H9FN4S/c1-14(2)9-13-12-8(15-9)7-6(10)4-3-5-11-7/h3-5H,1-2H3. The van der Waals surface area contributed by atoms with Gasteiger partial charge in [0.2, 0.25) is 5.13 Å². The van der Waals surface area contributed by atoms with Gasteiger partial charge in [0, 0.05) is 20.3 Å². The topological polar surface area (TPSA) is 41.9 Å². The van der Waals surface area contributed by atoms with Crippen LogP contribution < -0.4 is 4.90 Å². The van der Waals surface area contributed by atoms with Crippen LogP contribution in [0.4, 0.5) is 9.52 Å². The van der Waals surface area contributed by atoms with Gasteiger partial charge in [-0.3, -0.25) is 4.98 Å². The van der Waals surface area contributed by atoms with Crippen LogP contribution >= 0.6 is 11.3 Å². The summed E-state index contributed by atoms with van der Waals surface area (Å²) in [5.41, 5.74) is 0.253. The van der Waals surface area contributed by atoms with E-state index in [0.717, 1.165) is 5.13 Å². The average molecular weight is 224 g/mol. The molecule has 78 valence electrons. The van der Waals surface area contributed by atoms with Crippen molar-refractivity contribution in [3.8, 4) is 10.7 Å². The molecule has 2 aromatic heterocycles. The Hall–Kier alpha value is -1.56. The molecule has 0 saturated carbocycles. The molecule has 15 heavy (non-hydrogen) atoms. The minimum atomic E-state index is -0.376. The first-order valence-corrected chi connectivity index (χ1v) is 5.12. The highest BCUT2D eigenvalue weighted by atomic mass is 32.1. The van der Waals surface area contributed by atoms with Crippen molar-refractivity contribution in [1.82, 2.24) is 15.2 Å². The van der Waals surface area contributed by atoms with Crippen LogP contribution in [-0.2, 0) is 0 Å². The summed E-state index contributed by atoms with van der Waals surface area (Å²) in [6, 6.07) is 2.91. The second kappa shape index (κ2) is 3.90. The number of rotatable bonds is 2. The fourth-order valence-electron chi connectivity index (χ4n) is 1.03. The average Bonchev–Trinajstić information content (AvgIpc) is 2.67. The highest BCUT2D eigenvalue weighted by molar-refractivity contribution is 7.18. The Kier molecular flexibility index (Phi) is 2.59. The fraction of sp³-hybridized carbons (Fsp3) is 0.222. The van der Waals surface area contributed by atoms with E-state index < -0.39 is 0 Å². The van der Waals surface area contributed by atoms with Crippen molar-refractivity contribution < 1.29 is 4.39 Å². The third kappa shape index (κ3) is 1.94. The summed E-state index contributed by atoms with van der Waals surface area (Å²) >= 11 is 1.31. The third-order valence-electron chi connectivity index (χ3n) is 1.76. The number of aromatic nitrogens is 3. The molecule has 4 nitrogen and oxygen atoms in total. The molecule has 0 bridgehead atoms. The number of anilines is 1. The highest BCUT2D eigenvalue weighted by Crippen LogP contribution is 2.27. The van der Waals surface area contributed by atoms with Crippen molar-refractivity contribution >= 4 is 16.5 Å². The van der Waals surface area contributed by atoms with Crippen molar-refractivity contribution in [2.45, 2.75) is 0 Å². The maximum absolute atomic E-state index is 13.3. The van der Waals surface area contributed by atoms with Gasteiger partial charge in [-0.25, -0.2) is 4.39 Å². The first-order chi connectivity index (χ1) is 7.18. The van der Waals surface area contributed by atoms with Crippen molar-refractivity contribution in [2.75, 3.05) is 19.0 Å². The molecule has 0 N–H and O–H groups in total. The van der Waals surface area contributed by atoms with Gasteiger partial charge in [0.1, 0.15) is 5.69 Å². The van der Waals surface area contributed by atoms with E-state index >= 15 is 0 Å². The van der Waals surface area contributed by atoms with E-state index in [9.17, 15) is 4.39 Å². The monoisotopic (exact) mass is 224 g/mol. The van der Waals surface area contributed by atoms with Gasteiger partial charge >= 0.3 is 0 Å². The fourth-order valence-corrected chi connectivity index (χ4v) is 1.80. The largest absolute Gasteiger partial charge is 0.353 e. The zero-order valence-corrected chi connectivity index (χ0v) is 9.12. The third-order valence-corrected chi connectivity index (χ3v) is 2.86. The van der Waals surface area contributed by atoms with Gasteiger partial charge in [0.25, 0.3) is 0 Å². The van der Waals surface area contributed by atoms with Crippen LogP contribution in [0.5, 0.6) is 0 Å². The van der Waals surface area contributed by atoms with Crippen LogP contribution in [0.1, 0.15) is 0 Å². The molecule has 0 spiro atoms. The zero-order chi connectivity index (χ0) is 10.8. The molecule has 0 radical (unpaired) electrons. The Morgan fingerprint density at radius 1 is 1.33 bits per heavy atom. The number of nitrogens with zero attached hydrogens (tertiary/aromatic N) is 4. The van der Waals surface area contributed by atoms with Gasteiger partial charge in [0.05, 0.1) is 0 Å². The number of pyridine rings is 1. The second-order valence-corrected chi connectivity index (χ2v) is 4.07. The summed E-state index contributed by atoms with van der Waals surface area (Å²) in [7, 11) is 3.72. The normalized spacial score (nSPS) is 10.3. The molecular weight excluding hydrogens is 215 g/mol. The molecule has 2 aromatic rings. The molecule has 6 heteroatoms. The number of halogens is 1. The van der Waals surface area contributed by atoms with Crippen LogP contribution in [0, 0.1) is 5.82 Å². The summed E-state index contributed by atoms with van der Waals surface area (Å²) in [4.78, 5) is 5.76. The lowest BCUT2D eigenvalue weighted by Gasteiger charge is -2.03. The van der Waals surface area contributed by atoms with Gasteiger partial charge in [-0.2, -0.15) is 0 Å². The lowest BCUT2D eigenvalue weighted by molar-refractivity contribution is 0.625. The lowest BCUT2D eigenvalue weighted by atomic mass is 10.3. The Balaban J connectivity index is 2.42. The molecule has 0 aliphatic heterocycles. The predicted molar refractivity (Wildman–Crippen MR) is 57.4 cm³/mol. The van der Waals surface area contributed by atoms with E-state index in [1.807, 2.05) is 19.0 Å². The lowest BCUT2D eigenvalue weighted by Crippen LogP contribution is -2.07. The minimum absolute atomic E-state index is 0.253.